The van der Waals surface area contributed by atoms with E-state index >= 15 is 0 Å². The second kappa shape index (κ2) is 6.95. The number of hydrogen-bond donors (Lipinski definition) is 1. The van der Waals surface area contributed by atoms with Gasteiger partial charge in [-0.15, -0.1) is 18.3 Å². The van der Waals surface area contributed by atoms with Gasteiger partial charge in [0.05, 0.1) is 16.6 Å². The summed E-state index contributed by atoms with van der Waals surface area (Å²) in [6.45, 7) is 3.70. The van der Waals surface area contributed by atoms with Gasteiger partial charge in [-0.2, -0.15) is 4.98 Å². The van der Waals surface area contributed by atoms with E-state index in [2.05, 4.69) is 30.1 Å². The fourth-order valence-corrected chi connectivity index (χ4v) is 3.66. The number of fused-ring (bicyclic) bond motifs is 2. The maximum atomic E-state index is 12.3. The molecular formula is C17H13F3N6O2S. The molecule has 1 aromatic carbocycles. The van der Waals surface area contributed by atoms with Crippen molar-refractivity contribution in [3.8, 4) is 5.75 Å². The number of aromatic nitrogens is 5. The summed E-state index contributed by atoms with van der Waals surface area (Å²) in [5, 5.41) is 7.13. The Labute approximate surface area is 165 Å². The molecule has 0 spiro atoms. The number of carbonyl (C=O) groups is 1. The van der Waals surface area contributed by atoms with Crippen LogP contribution in [-0.2, 0) is 11.2 Å². The zero-order chi connectivity index (χ0) is 20.8. The highest BCUT2D eigenvalue weighted by atomic mass is 32.1. The van der Waals surface area contributed by atoms with Gasteiger partial charge < -0.3 is 10.1 Å². The molecule has 4 aromatic rings. The average molecular weight is 422 g/mol. The second-order valence-electron chi connectivity index (χ2n) is 6.20. The number of anilines is 1. The number of carbonyl (C=O) groups excluding carboxylic acids is 1. The van der Waals surface area contributed by atoms with E-state index in [0.717, 1.165) is 22.7 Å². The molecule has 0 saturated heterocycles. The van der Waals surface area contributed by atoms with Gasteiger partial charge in [0.15, 0.2) is 11.0 Å². The van der Waals surface area contributed by atoms with E-state index in [-0.39, 0.29) is 17.3 Å². The molecule has 1 N–H and O–H groups in total. The van der Waals surface area contributed by atoms with Gasteiger partial charge in [0.2, 0.25) is 5.91 Å². The van der Waals surface area contributed by atoms with Crippen LogP contribution in [0.1, 0.15) is 17.2 Å². The molecule has 0 saturated carbocycles. The highest BCUT2D eigenvalue weighted by Gasteiger charge is 2.31. The van der Waals surface area contributed by atoms with Crippen LogP contribution in [0.4, 0.5) is 18.3 Å². The van der Waals surface area contributed by atoms with Crippen molar-refractivity contribution in [3.63, 3.8) is 0 Å². The number of hydrogen-bond acceptors (Lipinski definition) is 7. The standard InChI is InChI=1S/C17H13F3N6O2S/c1-8-5-9(2)26-15(21-8)23-13(25-26)7-14(27)24-16-22-11-4-3-10(6-12(11)29-16)28-17(18,19)20/h3-6H,7H2,1-2H3,(H,22,24,27). The van der Waals surface area contributed by atoms with Crippen molar-refractivity contribution >= 4 is 38.4 Å². The molecule has 8 nitrogen and oxygen atoms in total. The van der Waals surface area contributed by atoms with Crippen molar-refractivity contribution < 1.29 is 22.7 Å². The lowest BCUT2D eigenvalue weighted by Gasteiger charge is -2.07. The molecule has 3 aromatic heterocycles. The Morgan fingerprint density at radius 3 is 2.76 bits per heavy atom. The first kappa shape index (κ1) is 19.1. The van der Waals surface area contributed by atoms with Crippen molar-refractivity contribution in [1.29, 1.82) is 0 Å². The minimum atomic E-state index is -4.78. The molecule has 0 bridgehead atoms. The quantitative estimate of drug-likeness (QED) is 0.542. The van der Waals surface area contributed by atoms with Crippen LogP contribution in [0.2, 0.25) is 0 Å². The van der Waals surface area contributed by atoms with Gasteiger partial charge in [0.1, 0.15) is 5.75 Å². The molecule has 150 valence electrons. The van der Waals surface area contributed by atoms with E-state index in [1.54, 1.807) is 4.52 Å². The smallest absolute Gasteiger partial charge is 0.406 e. The molecule has 0 radical (unpaired) electrons. The van der Waals surface area contributed by atoms with Gasteiger partial charge in [-0.1, -0.05) is 11.3 Å². The van der Waals surface area contributed by atoms with Crippen molar-refractivity contribution in [1.82, 2.24) is 24.6 Å². The van der Waals surface area contributed by atoms with Crippen molar-refractivity contribution in [3.05, 3.63) is 41.5 Å². The van der Waals surface area contributed by atoms with Crippen molar-refractivity contribution in [2.24, 2.45) is 0 Å². The molecular weight excluding hydrogens is 409 g/mol. The Balaban J connectivity index is 1.49. The number of benzene rings is 1. The molecule has 0 aliphatic rings. The normalized spacial score (nSPS) is 11.9. The van der Waals surface area contributed by atoms with Crippen LogP contribution in [0.25, 0.3) is 16.0 Å². The summed E-state index contributed by atoms with van der Waals surface area (Å²) in [5.41, 5.74) is 2.08. The van der Waals surface area contributed by atoms with Crippen LogP contribution in [0.5, 0.6) is 5.75 Å². The van der Waals surface area contributed by atoms with Crippen LogP contribution < -0.4 is 10.1 Å². The summed E-state index contributed by atoms with van der Waals surface area (Å²) in [6, 6.07) is 5.63. The van der Waals surface area contributed by atoms with E-state index in [0.29, 0.717) is 21.8 Å². The summed E-state index contributed by atoms with van der Waals surface area (Å²) in [5.74, 6) is -0.0483. The summed E-state index contributed by atoms with van der Waals surface area (Å²) in [6.07, 6.45) is -4.87. The summed E-state index contributed by atoms with van der Waals surface area (Å²) in [4.78, 5) is 25.0. The van der Waals surface area contributed by atoms with Crippen molar-refractivity contribution in [2.45, 2.75) is 26.6 Å². The first-order valence-electron chi connectivity index (χ1n) is 8.32. The third-order valence-electron chi connectivity index (χ3n) is 3.82. The van der Waals surface area contributed by atoms with Gasteiger partial charge in [-0.25, -0.2) is 14.5 Å². The van der Waals surface area contributed by atoms with Gasteiger partial charge in [0.25, 0.3) is 5.78 Å². The number of amides is 1. The number of rotatable bonds is 4. The zero-order valence-electron chi connectivity index (χ0n) is 15.1. The lowest BCUT2D eigenvalue weighted by Crippen LogP contribution is -2.16. The molecule has 0 aliphatic carbocycles. The number of alkyl halides is 3. The molecule has 3 heterocycles. The molecule has 12 heteroatoms. The van der Waals surface area contributed by atoms with Gasteiger partial charge >= 0.3 is 6.36 Å². The number of aryl methyl sites for hydroxylation is 2. The van der Waals surface area contributed by atoms with Crippen molar-refractivity contribution in [2.75, 3.05) is 5.32 Å². The average Bonchev–Trinajstić information content (AvgIpc) is 3.15. The van der Waals surface area contributed by atoms with Crippen LogP contribution in [0, 0.1) is 13.8 Å². The number of nitrogens with one attached hydrogen (secondary N) is 1. The van der Waals surface area contributed by atoms with Crippen LogP contribution >= 0.6 is 11.3 Å². The summed E-state index contributed by atoms with van der Waals surface area (Å²) < 4.78 is 42.9. The molecule has 0 unspecified atom stereocenters. The molecule has 4 rings (SSSR count). The topological polar surface area (TPSA) is 94.3 Å². The molecule has 0 atom stereocenters. The monoisotopic (exact) mass is 422 g/mol. The first-order chi connectivity index (χ1) is 13.7. The largest absolute Gasteiger partial charge is 0.573 e. The Bertz CT molecular complexity index is 1230. The molecule has 0 aliphatic heterocycles. The second-order valence-corrected chi connectivity index (χ2v) is 7.23. The minimum Gasteiger partial charge on any atom is -0.406 e. The number of thiazole rings is 1. The third-order valence-corrected chi connectivity index (χ3v) is 4.75. The Morgan fingerprint density at radius 1 is 1.21 bits per heavy atom. The molecule has 1 amide bonds. The highest BCUT2D eigenvalue weighted by molar-refractivity contribution is 7.22. The Kier molecular flexibility index (Phi) is 4.57. The first-order valence-corrected chi connectivity index (χ1v) is 9.14. The number of nitrogens with zero attached hydrogens (tertiary/aromatic N) is 5. The molecule has 29 heavy (non-hydrogen) atoms. The Hall–Kier alpha value is -3.28. The van der Waals surface area contributed by atoms with Crippen LogP contribution in [-0.4, -0.2) is 36.8 Å². The minimum absolute atomic E-state index is 0.0970. The van der Waals surface area contributed by atoms with E-state index in [1.165, 1.54) is 18.2 Å². The SMILES string of the molecule is Cc1cc(C)n2nc(CC(=O)Nc3nc4ccc(OC(F)(F)F)cc4s3)nc2n1. The number of ether oxygens (including phenoxy) is 1. The highest BCUT2D eigenvalue weighted by Crippen LogP contribution is 2.31. The van der Waals surface area contributed by atoms with Crippen LogP contribution in [0.15, 0.2) is 24.3 Å². The summed E-state index contributed by atoms with van der Waals surface area (Å²) in [7, 11) is 0. The predicted octanol–water partition coefficient (Wildman–Crippen LogP) is 3.43. The maximum Gasteiger partial charge on any atom is 0.573 e. The summed E-state index contributed by atoms with van der Waals surface area (Å²) >= 11 is 1.04. The van der Waals surface area contributed by atoms with E-state index in [1.807, 2.05) is 19.9 Å². The molecule has 0 fully saturated rings. The van der Waals surface area contributed by atoms with E-state index < -0.39 is 12.3 Å². The van der Waals surface area contributed by atoms with Crippen LogP contribution in [0.3, 0.4) is 0 Å². The van der Waals surface area contributed by atoms with Gasteiger partial charge in [0, 0.05) is 17.5 Å². The zero-order valence-corrected chi connectivity index (χ0v) is 15.9. The van der Waals surface area contributed by atoms with E-state index in [4.69, 9.17) is 0 Å². The lowest BCUT2D eigenvalue weighted by atomic mass is 10.3. The maximum absolute atomic E-state index is 12.3. The fraction of sp³-hybridized carbons (Fsp3) is 0.235. The van der Waals surface area contributed by atoms with E-state index in [9.17, 15) is 18.0 Å². The fourth-order valence-electron chi connectivity index (χ4n) is 2.75. The van der Waals surface area contributed by atoms with Gasteiger partial charge in [-0.3, -0.25) is 4.79 Å². The lowest BCUT2D eigenvalue weighted by molar-refractivity contribution is -0.274. The Morgan fingerprint density at radius 2 is 2.00 bits per heavy atom. The predicted molar refractivity (Wildman–Crippen MR) is 98.9 cm³/mol. The van der Waals surface area contributed by atoms with Gasteiger partial charge in [-0.05, 0) is 32.0 Å². The number of halogens is 3. The third kappa shape index (κ3) is 4.26.